The fourth-order valence-corrected chi connectivity index (χ4v) is 1.28. The van der Waals surface area contributed by atoms with E-state index in [-0.39, 0.29) is 5.78 Å². The topological polar surface area (TPSA) is 29.1 Å². The molecule has 2 nitrogen and oxygen atoms in total. The lowest BCUT2D eigenvalue weighted by molar-refractivity contribution is 0.0988. The van der Waals surface area contributed by atoms with Crippen molar-refractivity contribution in [2.45, 2.75) is 26.8 Å². The second-order valence-electron chi connectivity index (χ2n) is 3.77. The molecule has 0 aliphatic carbocycles. The Morgan fingerprint density at radius 1 is 1.36 bits per heavy atom. The zero-order valence-corrected chi connectivity index (χ0v) is 9.00. The van der Waals surface area contributed by atoms with Gasteiger partial charge in [0.05, 0.1) is 6.54 Å². The third-order valence-electron chi connectivity index (χ3n) is 2.12. The van der Waals surface area contributed by atoms with E-state index in [1.165, 1.54) is 0 Å². The van der Waals surface area contributed by atoms with Crippen molar-refractivity contribution >= 4 is 5.78 Å². The predicted molar refractivity (Wildman–Crippen MR) is 58.6 cm³/mol. The van der Waals surface area contributed by atoms with E-state index in [9.17, 15) is 4.79 Å². The molecule has 0 unspecified atom stereocenters. The highest BCUT2D eigenvalue weighted by molar-refractivity contribution is 5.98. The number of carbonyl (C=O) groups excluding carboxylic acids is 1. The zero-order chi connectivity index (χ0) is 10.6. The van der Waals surface area contributed by atoms with Gasteiger partial charge in [0.2, 0.25) is 0 Å². The van der Waals surface area contributed by atoms with Crippen molar-refractivity contribution in [1.29, 1.82) is 0 Å². The molecule has 0 aromatic heterocycles. The average molecular weight is 191 g/mol. The van der Waals surface area contributed by atoms with E-state index in [1.807, 2.05) is 45.0 Å². The molecule has 2 heteroatoms. The highest BCUT2D eigenvalue weighted by Crippen LogP contribution is 2.07. The highest BCUT2D eigenvalue weighted by Gasteiger charge is 2.07. The van der Waals surface area contributed by atoms with Gasteiger partial charge in [-0.05, 0) is 12.5 Å². The molecule has 1 N–H and O–H groups in total. The second-order valence-corrected chi connectivity index (χ2v) is 3.77. The van der Waals surface area contributed by atoms with Crippen molar-refractivity contribution in [3.63, 3.8) is 0 Å². The lowest BCUT2D eigenvalue weighted by Gasteiger charge is -2.08. The molecule has 0 bridgehead atoms. The van der Waals surface area contributed by atoms with E-state index in [0.717, 1.165) is 11.1 Å². The first kappa shape index (κ1) is 10.9. The van der Waals surface area contributed by atoms with Crippen molar-refractivity contribution in [3.05, 3.63) is 35.4 Å². The van der Waals surface area contributed by atoms with Crippen LogP contribution >= 0.6 is 0 Å². The lowest BCUT2D eigenvalue weighted by Crippen LogP contribution is -2.29. The Labute approximate surface area is 85.3 Å². The van der Waals surface area contributed by atoms with Crippen molar-refractivity contribution in [3.8, 4) is 0 Å². The van der Waals surface area contributed by atoms with Gasteiger partial charge in [0.15, 0.2) is 5.78 Å². The first-order chi connectivity index (χ1) is 6.61. The van der Waals surface area contributed by atoms with Crippen molar-refractivity contribution in [1.82, 2.24) is 5.32 Å². The summed E-state index contributed by atoms with van der Waals surface area (Å²) in [6.45, 7) is 6.45. The van der Waals surface area contributed by atoms with Crippen LogP contribution in [0.15, 0.2) is 24.3 Å². The van der Waals surface area contributed by atoms with Crippen molar-refractivity contribution in [2.75, 3.05) is 6.54 Å². The Bertz CT molecular complexity index is 318. The molecule has 0 saturated heterocycles. The molecule has 0 atom stereocenters. The summed E-state index contributed by atoms with van der Waals surface area (Å²) in [4.78, 5) is 11.7. The summed E-state index contributed by atoms with van der Waals surface area (Å²) < 4.78 is 0. The highest BCUT2D eigenvalue weighted by atomic mass is 16.1. The van der Waals surface area contributed by atoms with Crippen LogP contribution in [-0.2, 0) is 0 Å². The molecular weight excluding hydrogens is 174 g/mol. The lowest BCUT2D eigenvalue weighted by atomic mass is 10.0. The van der Waals surface area contributed by atoms with Gasteiger partial charge in [0.25, 0.3) is 0 Å². The molecule has 76 valence electrons. The fourth-order valence-electron chi connectivity index (χ4n) is 1.28. The number of hydrogen-bond donors (Lipinski definition) is 1. The van der Waals surface area contributed by atoms with Crippen LogP contribution in [-0.4, -0.2) is 18.4 Å². The molecule has 0 spiro atoms. The summed E-state index contributed by atoms with van der Waals surface area (Å²) in [6.07, 6.45) is 0. The molecule has 0 fully saturated rings. The smallest absolute Gasteiger partial charge is 0.176 e. The average Bonchev–Trinajstić information content (AvgIpc) is 2.15. The maximum Gasteiger partial charge on any atom is 0.176 e. The molecule has 0 saturated carbocycles. The number of benzene rings is 1. The first-order valence-corrected chi connectivity index (χ1v) is 4.93. The van der Waals surface area contributed by atoms with Crippen LogP contribution < -0.4 is 5.32 Å². The van der Waals surface area contributed by atoms with Gasteiger partial charge in [-0.25, -0.2) is 0 Å². The van der Waals surface area contributed by atoms with E-state index >= 15 is 0 Å². The number of nitrogens with one attached hydrogen (secondary N) is 1. The van der Waals surface area contributed by atoms with Crippen LogP contribution in [0.5, 0.6) is 0 Å². The molecule has 1 aromatic rings. The largest absolute Gasteiger partial charge is 0.307 e. The molecule has 0 amide bonds. The number of carbonyl (C=O) groups is 1. The zero-order valence-electron chi connectivity index (χ0n) is 9.00. The third-order valence-corrected chi connectivity index (χ3v) is 2.12. The summed E-state index contributed by atoms with van der Waals surface area (Å²) in [5, 5.41) is 3.12. The normalized spacial score (nSPS) is 10.6. The minimum absolute atomic E-state index is 0.164. The number of rotatable bonds is 4. The monoisotopic (exact) mass is 191 g/mol. The van der Waals surface area contributed by atoms with Gasteiger partial charge >= 0.3 is 0 Å². The molecular formula is C12H17NO. The Kier molecular flexibility index (Phi) is 3.84. The predicted octanol–water partition coefficient (Wildman–Crippen LogP) is 2.18. The molecule has 0 heterocycles. The van der Waals surface area contributed by atoms with Gasteiger partial charge in [0, 0.05) is 11.6 Å². The Morgan fingerprint density at radius 3 is 2.57 bits per heavy atom. The minimum Gasteiger partial charge on any atom is -0.307 e. The van der Waals surface area contributed by atoms with Gasteiger partial charge < -0.3 is 5.32 Å². The first-order valence-electron chi connectivity index (χ1n) is 4.93. The Morgan fingerprint density at radius 2 is 2.00 bits per heavy atom. The minimum atomic E-state index is 0.164. The van der Waals surface area contributed by atoms with Gasteiger partial charge in [-0.2, -0.15) is 0 Å². The Hall–Kier alpha value is -1.15. The van der Waals surface area contributed by atoms with Crippen molar-refractivity contribution in [2.24, 2.45) is 0 Å². The van der Waals surface area contributed by atoms with E-state index in [0.29, 0.717) is 12.6 Å². The van der Waals surface area contributed by atoms with E-state index in [1.54, 1.807) is 0 Å². The summed E-state index contributed by atoms with van der Waals surface area (Å²) in [7, 11) is 0. The van der Waals surface area contributed by atoms with Crippen LogP contribution in [0.3, 0.4) is 0 Å². The maximum absolute atomic E-state index is 11.7. The van der Waals surface area contributed by atoms with Gasteiger partial charge in [-0.15, -0.1) is 0 Å². The van der Waals surface area contributed by atoms with Crippen LogP contribution in [0.4, 0.5) is 0 Å². The van der Waals surface area contributed by atoms with Crippen LogP contribution in [0.25, 0.3) is 0 Å². The molecule has 1 aromatic carbocycles. The standard InChI is InChI=1S/C12H17NO/c1-9(2)13-8-12(14)11-7-5-4-6-10(11)3/h4-7,9,13H,8H2,1-3H3. The number of ketones is 1. The number of aryl methyl sites for hydroxylation is 1. The summed E-state index contributed by atoms with van der Waals surface area (Å²) in [6, 6.07) is 8.03. The SMILES string of the molecule is Cc1ccccc1C(=O)CNC(C)C. The molecule has 0 radical (unpaired) electrons. The van der Waals surface area contributed by atoms with Crippen LogP contribution in [0.1, 0.15) is 29.8 Å². The van der Waals surface area contributed by atoms with E-state index in [4.69, 9.17) is 0 Å². The summed E-state index contributed by atoms with van der Waals surface area (Å²) >= 11 is 0. The second kappa shape index (κ2) is 4.91. The van der Waals surface area contributed by atoms with Gasteiger partial charge in [-0.3, -0.25) is 4.79 Å². The fraction of sp³-hybridized carbons (Fsp3) is 0.417. The molecule has 1 rings (SSSR count). The Balaban J connectivity index is 2.65. The summed E-state index contributed by atoms with van der Waals surface area (Å²) in [5.74, 6) is 0.164. The van der Waals surface area contributed by atoms with E-state index in [2.05, 4.69) is 5.32 Å². The number of hydrogen-bond acceptors (Lipinski definition) is 2. The van der Waals surface area contributed by atoms with Crippen LogP contribution in [0, 0.1) is 6.92 Å². The molecule has 0 aliphatic rings. The third kappa shape index (κ3) is 2.96. The summed E-state index contributed by atoms with van der Waals surface area (Å²) in [5.41, 5.74) is 1.86. The van der Waals surface area contributed by atoms with E-state index < -0.39 is 0 Å². The van der Waals surface area contributed by atoms with Gasteiger partial charge in [-0.1, -0.05) is 38.1 Å². The van der Waals surface area contributed by atoms with Gasteiger partial charge in [0.1, 0.15) is 0 Å². The van der Waals surface area contributed by atoms with Crippen LogP contribution in [0.2, 0.25) is 0 Å². The van der Waals surface area contributed by atoms with Crippen molar-refractivity contribution < 1.29 is 4.79 Å². The maximum atomic E-state index is 11.7. The number of Topliss-reactive ketones (excluding diaryl/α,β-unsaturated/α-hetero) is 1. The quantitative estimate of drug-likeness (QED) is 0.739. The molecule has 0 aliphatic heterocycles. The molecule has 14 heavy (non-hydrogen) atoms.